The minimum atomic E-state index is -4.53. The molecule has 0 radical (unpaired) electrons. The molecule has 0 spiro atoms. The molecule has 2 bridgehead atoms. The van der Waals surface area contributed by atoms with Gasteiger partial charge in [0.1, 0.15) is 5.75 Å². The fourth-order valence-corrected chi connectivity index (χ4v) is 9.24. The average Bonchev–Trinajstić information content (AvgIpc) is 3.59. The zero-order valence-corrected chi connectivity index (χ0v) is 27.2. The molecular formula is C33H38ClF2N3O4S2. The molecule has 6 rings (SSSR count). The van der Waals surface area contributed by atoms with Gasteiger partial charge in [-0.15, -0.1) is 11.3 Å². The van der Waals surface area contributed by atoms with Gasteiger partial charge in [-0.2, -0.15) is 13.5 Å². The third-order valence-corrected chi connectivity index (χ3v) is 12.1. The predicted octanol–water partition coefficient (Wildman–Crippen LogP) is 6.95. The molecule has 45 heavy (non-hydrogen) atoms. The van der Waals surface area contributed by atoms with Gasteiger partial charge in [-0.1, -0.05) is 55.1 Å². The van der Waals surface area contributed by atoms with Crippen LogP contribution in [0.1, 0.15) is 63.4 Å². The van der Waals surface area contributed by atoms with Crippen LogP contribution in [0.2, 0.25) is 4.34 Å². The summed E-state index contributed by atoms with van der Waals surface area (Å²) in [5.41, 5.74) is 6.39. The van der Waals surface area contributed by atoms with E-state index >= 15 is 8.78 Å². The number of benzene rings is 2. The zero-order chi connectivity index (χ0) is 31.8. The SMILES string of the molecule is NC1CC2CCC(C1)N2C(=O)[C@H](NS(=O)(=O)c1ccc(OCC2CCCCC2)cc1)C(F)(F)c1ccc(-c2ccc(Cl)s2)cc1. The van der Waals surface area contributed by atoms with Gasteiger partial charge in [0.25, 0.3) is 5.92 Å². The van der Waals surface area contributed by atoms with Crippen LogP contribution >= 0.6 is 22.9 Å². The summed E-state index contributed by atoms with van der Waals surface area (Å²) >= 11 is 7.36. The van der Waals surface area contributed by atoms with Crippen LogP contribution in [-0.4, -0.2) is 50.0 Å². The van der Waals surface area contributed by atoms with E-state index < -0.39 is 33.5 Å². The molecule has 3 aliphatic rings. The van der Waals surface area contributed by atoms with Crippen LogP contribution in [0.25, 0.3) is 10.4 Å². The van der Waals surface area contributed by atoms with Crippen molar-refractivity contribution < 1.29 is 26.7 Å². The number of nitrogens with zero attached hydrogens (tertiary/aromatic N) is 1. The first-order chi connectivity index (χ1) is 21.5. The van der Waals surface area contributed by atoms with Crippen LogP contribution < -0.4 is 15.2 Å². The molecule has 1 aromatic heterocycles. The Balaban J connectivity index is 1.26. The number of carbonyl (C=O) groups excluding carboxylic acids is 1. The van der Waals surface area contributed by atoms with Crippen molar-refractivity contribution in [3.8, 4) is 16.2 Å². The van der Waals surface area contributed by atoms with Gasteiger partial charge < -0.3 is 15.4 Å². The lowest BCUT2D eigenvalue weighted by Gasteiger charge is -2.41. The first-order valence-electron chi connectivity index (χ1n) is 15.6. The standard InChI is InChI=1S/C33H38ClF2N3O4S2/c34-30-17-16-29(44-30)22-6-8-23(9-7-22)33(35,36)31(32(40)39-25-10-11-26(39)19-24(37)18-25)38-45(41,42)28-14-12-27(13-15-28)43-20-21-4-2-1-3-5-21/h6-9,12-17,21,24-26,31,38H,1-5,10-11,18-20,37H2/t24?,25?,26?,31-/m0/s1. The first-order valence-corrected chi connectivity index (χ1v) is 18.3. The van der Waals surface area contributed by atoms with E-state index in [2.05, 4.69) is 4.72 Å². The van der Waals surface area contributed by atoms with Crippen molar-refractivity contribution in [3.63, 3.8) is 0 Å². The number of piperidine rings is 1. The van der Waals surface area contributed by atoms with Crippen molar-refractivity contribution in [2.45, 2.75) is 92.8 Å². The molecule has 2 aliphatic heterocycles. The van der Waals surface area contributed by atoms with Crippen molar-refractivity contribution in [3.05, 3.63) is 70.6 Å². The number of nitrogens with one attached hydrogen (secondary N) is 1. The Hall–Kier alpha value is -2.57. The number of sulfonamides is 1. The largest absolute Gasteiger partial charge is 0.493 e. The topological polar surface area (TPSA) is 102 Å². The third-order valence-electron chi connectivity index (χ3n) is 9.38. The van der Waals surface area contributed by atoms with E-state index in [1.807, 2.05) is 0 Å². The zero-order valence-electron chi connectivity index (χ0n) is 24.8. The van der Waals surface area contributed by atoms with E-state index in [1.165, 1.54) is 84.0 Å². The Kier molecular flexibility index (Phi) is 9.55. The van der Waals surface area contributed by atoms with Gasteiger partial charge in [-0.25, -0.2) is 8.42 Å². The minimum absolute atomic E-state index is 0.126. The summed E-state index contributed by atoms with van der Waals surface area (Å²) in [5.74, 6) is -3.83. The van der Waals surface area contributed by atoms with Crippen LogP contribution in [0.4, 0.5) is 8.78 Å². The molecule has 2 saturated heterocycles. The van der Waals surface area contributed by atoms with E-state index in [9.17, 15) is 13.2 Å². The number of hydrogen-bond donors (Lipinski definition) is 2. The Labute approximate surface area is 272 Å². The number of hydrogen-bond acceptors (Lipinski definition) is 6. The third kappa shape index (κ3) is 7.07. The summed E-state index contributed by atoms with van der Waals surface area (Å²) in [6, 6.07) is 11.6. The second-order valence-corrected chi connectivity index (χ2v) is 15.9. The maximum atomic E-state index is 16.5. The molecule has 1 amide bonds. The Bertz CT molecular complexity index is 1580. The van der Waals surface area contributed by atoms with E-state index in [1.54, 1.807) is 12.1 Å². The first kappa shape index (κ1) is 32.4. The molecule has 12 heteroatoms. The second kappa shape index (κ2) is 13.3. The van der Waals surface area contributed by atoms with Crippen molar-refractivity contribution >= 4 is 38.9 Å². The molecule has 2 aromatic carbocycles. The molecular weight excluding hydrogens is 640 g/mol. The lowest BCUT2D eigenvalue weighted by Crippen LogP contribution is -2.60. The lowest BCUT2D eigenvalue weighted by atomic mass is 9.90. The van der Waals surface area contributed by atoms with E-state index in [4.69, 9.17) is 22.1 Å². The molecule has 2 unspecified atom stereocenters. The van der Waals surface area contributed by atoms with Gasteiger partial charge in [-0.3, -0.25) is 4.79 Å². The average molecular weight is 678 g/mol. The highest BCUT2D eigenvalue weighted by Crippen LogP contribution is 2.41. The van der Waals surface area contributed by atoms with Gasteiger partial charge >= 0.3 is 0 Å². The summed E-state index contributed by atoms with van der Waals surface area (Å²) in [6.45, 7) is 0.549. The van der Waals surface area contributed by atoms with E-state index in [-0.39, 0.29) is 23.0 Å². The molecule has 3 heterocycles. The van der Waals surface area contributed by atoms with Crippen molar-refractivity contribution in [2.75, 3.05) is 6.61 Å². The Morgan fingerprint density at radius 1 is 0.978 bits per heavy atom. The van der Waals surface area contributed by atoms with E-state index in [0.29, 0.717) is 53.9 Å². The van der Waals surface area contributed by atoms with E-state index in [0.717, 1.165) is 17.7 Å². The normalized spacial score (nSPS) is 23.2. The minimum Gasteiger partial charge on any atom is -0.493 e. The molecule has 3 fully saturated rings. The van der Waals surface area contributed by atoms with Gasteiger partial charge in [0.2, 0.25) is 15.9 Å². The highest BCUT2D eigenvalue weighted by atomic mass is 35.5. The summed E-state index contributed by atoms with van der Waals surface area (Å²) < 4.78 is 68.7. The van der Waals surface area contributed by atoms with Crippen molar-refractivity contribution in [1.82, 2.24) is 9.62 Å². The molecule has 3 aromatic rings. The van der Waals surface area contributed by atoms with Crippen LogP contribution in [0.5, 0.6) is 5.75 Å². The Morgan fingerprint density at radius 3 is 2.22 bits per heavy atom. The lowest BCUT2D eigenvalue weighted by molar-refractivity contribution is -0.149. The summed E-state index contributed by atoms with van der Waals surface area (Å²) in [5, 5.41) is 0. The fraction of sp³-hybridized carbons (Fsp3) is 0.485. The maximum Gasteiger partial charge on any atom is 0.298 e. The number of nitrogens with two attached hydrogens (primary N) is 1. The molecule has 242 valence electrons. The molecule has 1 saturated carbocycles. The number of thiophene rings is 1. The quantitative estimate of drug-likeness (QED) is 0.242. The van der Waals surface area contributed by atoms with Crippen molar-refractivity contribution in [1.29, 1.82) is 0 Å². The highest BCUT2D eigenvalue weighted by molar-refractivity contribution is 7.89. The Morgan fingerprint density at radius 2 is 1.62 bits per heavy atom. The highest BCUT2D eigenvalue weighted by Gasteiger charge is 2.53. The number of amides is 1. The van der Waals surface area contributed by atoms with Crippen LogP contribution in [-0.2, 0) is 20.7 Å². The molecule has 7 nitrogen and oxygen atoms in total. The number of carbonyl (C=O) groups is 1. The van der Waals surface area contributed by atoms with Gasteiger partial charge in [0, 0.05) is 28.6 Å². The number of alkyl halides is 2. The summed E-state index contributed by atoms with van der Waals surface area (Å²) in [7, 11) is -4.53. The van der Waals surface area contributed by atoms with Crippen molar-refractivity contribution in [2.24, 2.45) is 11.7 Å². The van der Waals surface area contributed by atoms with Crippen LogP contribution in [0.15, 0.2) is 65.6 Å². The summed E-state index contributed by atoms with van der Waals surface area (Å²) in [6.07, 6.45) is 8.10. The number of fused-ring (bicyclic) bond motifs is 2. The van der Waals surface area contributed by atoms with Crippen LogP contribution in [0, 0.1) is 5.92 Å². The van der Waals surface area contributed by atoms with Gasteiger partial charge in [0.05, 0.1) is 15.8 Å². The second-order valence-electron chi connectivity index (χ2n) is 12.5. The fourth-order valence-electron chi connectivity index (χ4n) is 7.01. The maximum absolute atomic E-state index is 16.5. The van der Waals surface area contributed by atoms with Crippen LogP contribution in [0.3, 0.4) is 0 Å². The number of halogens is 3. The monoisotopic (exact) mass is 677 g/mol. The predicted molar refractivity (Wildman–Crippen MR) is 172 cm³/mol. The van der Waals surface area contributed by atoms with Gasteiger partial charge in [0.15, 0.2) is 6.04 Å². The number of rotatable bonds is 10. The summed E-state index contributed by atoms with van der Waals surface area (Å²) in [4.78, 5) is 16.0. The smallest absolute Gasteiger partial charge is 0.298 e. The number of ether oxygens (including phenoxy) is 1. The molecule has 1 aliphatic carbocycles. The molecule has 3 atom stereocenters. The van der Waals surface area contributed by atoms with Gasteiger partial charge in [-0.05, 0) is 86.4 Å². The molecule has 3 N–H and O–H groups in total.